The Kier molecular flexibility index (Phi) is 2.98. The zero-order valence-corrected chi connectivity index (χ0v) is 9.12. The first-order valence-electron chi connectivity index (χ1n) is 3.72. The van der Waals surface area contributed by atoms with Crippen LogP contribution in [0.4, 0.5) is 0 Å². The van der Waals surface area contributed by atoms with Crippen LogP contribution in [0.25, 0.3) is 0 Å². The summed E-state index contributed by atoms with van der Waals surface area (Å²) in [5, 5.41) is 0.759. The van der Waals surface area contributed by atoms with E-state index in [9.17, 15) is 16.8 Å². The van der Waals surface area contributed by atoms with Crippen molar-refractivity contribution in [1.29, 1.82) is 0 Å². The summed E-state index contributed by atoms with van der Waals surface area (Å²) in [6.45, 7) is 3.12. The highest BCUT2D eigenvalue weighted by molar-refractivity contribution is 7.94. The lowest BCUT2D eigenvalue weighted by Crippen LogP contribution is -2.00. The summed E-state index contributed by atoms with van der Waals surface area (Å²) in [5.41, 5.74) is 0. The van der Waals surface area contributed by atoms with Crippen molar-refractivity contribution in [3.05, 3.63) is 36.3 Å². The maximum atomic E-state index is 11.2. The van der Waals surface area contributed by atoms with Crippen molar-refractivity contribution >= 4 is 20.0 Å². The van der Waals surface area contributed by atoms with Gasteiger partial charge in [0, 0.05) is 5.41 Å². The minimum Gasteiger partial charge on any atom is -0.282 e. The topological polar surface area (TPSA) is 88.5 Å². The van der Waals surface area contributed by atoms with E-state index in [-0.39, 0.29) is 9.79 Å². The van der Waals surface area contributed by atoms with E-state index in [0.717, 1.165) is 29.7 Å². The first-order valence-corrected chi connectivity index (χ1v) is 6.71. The van der Waals surface area contributed by atoms with Crippen LogP contribution in [0.1, 0.15) is 0 Å². The fourth-order valence-electron chi connectivity index (χ4n) is 0.898. The highest BCUT2D eigenvalue weighted by atomic mass is 32.2. The SMILES string of the molecule is C=CS(=O)(=O)c1ccc(S(=O)(=O)O)cc1. The van der Waals surface area contributed by atoms with Crippen molar-refractivity contribution in [2.24, 2.45) is 0 Å². The third-order valence-electron chi connectivity index (χ3n) is 1.67. The molecule has 1 aromatic carbocycles. The Hall–Kier alpha value is -1.18. The summed E-state index contributed by atoms with van der Waals surface area (Å²) in [7, 11) is -7.87. The Balaban J connectivity index is 3.29. The van der Waals surface area contributed by atoms with E-state index in [4.69, 9.17) is 4.55 Å². The molecule has 0 saturated carbocycles. The van der Waals surface area contributed by atoms with E-state index in [2.05, 4.69) is 6.58 Å². The van der Waals surface area contributed by atoms with Gasteiger partial charge in [0.2, 0.25) is 0 Å². The first-order chi connectivity index (χ1) is 6.77. The van der Waals surface area contributed by atoms with Gasteiger partial charge in [-0.1, -0.05) is 6.58 Å². The Morgan fingerprint density at radius 3 is 1.73 bits per heavy atom. The minimum absolute atomic E-state index is 0.0788. The average Bonchev–Trinajstić information content (AvgIpc) is 2.17. The lowest BCUT2D eigenvalue weighted by atomic mass is 10.4. The molecular weight excluding hydrogens is 240 g/mol. The maximum absolute atomic E-state index is 11.2. The summed E-state index contributed by atoms with van der Waals surface area (Å²) in [6, 6.07) is 4.18. The van der Waals surface area contributed by atoms with E-state index >= 15 is 0 Å². The van der Waals surface area contributed by atoms with Crippen LogP contribution in [-0.4, -0.2) is 21.4 Å². The third-order valence-corrected chi connectivity index (χ3v) is 3.91. The van der Waals surface area contributed by atoms with Crippen LogP contribution in [0.15, 0.2) is 46.0 Å². The van der Waals surface area contributed by atoms with Crippen LogP contribution in [0, 0.1) is 0 Å². The molecule has 1 N–H and O–H groups in total. The van der Waals surface area contributed by atoms with Gasteiger partial charge in [-0.2, -0.15) is 8.42 Å². The fraction of sp³-hybridized carbons (Fsp3) is 0. The van der Waals surface area contributed by atoms with Crippen LogP contribution in [0.3, 0.4) is 0 Å². The van der Waals surface area contributed by atoms with Crippen LogP contribution in [-0.2, 0) is 20.0 Å². The highest BCUT2D eigenvalue weighted by Gasteiger charge is 2.13. The molecule has 0 radical (unpaired) electrons. The van der Waals surface area contributed by atoms with Gasteiger partial charge in [-0.15, -0.1) is 0 Å². The summed E-state index contributed by atoms with van der Waals surface area (Å²) < 4.78 is 52.4. The maximum Gasteiger partial charge on any atom is 0.294 e. The van der Waals surface area contributed by atoms with Gasteiger partial charge < -0.3 is 0 Å². The van der Waals surface area contributed by atoms with E-state index in [1.807, 2.05) is 0 Å². The van der Waals surface area contributed by atoms with Gasteiger partial charge in [0.25, 0.3) is 10.1 Å². The second-order valence-electron chi connectivity index (χ2n) is 2.66. The molecule has 0 saturated heterocycles. The van der Waals surface area contributed by atoms with Gasteiger partial charge in [0.15, 0.2) is 9.84 Å². The molecule has 5 nitrogen and oxygen atoms in total. The van der Waals surface area contributed by atoms with E-state index < -0.39 is 20.0 Å². The molecule has 0 aliphatic rings. The standard InChI is InChI=1S/C8H8O5S2/c1-2-14(9,10)7-3-5-8(6-4-7)15(11,12)13/h2-6H,1H2,(H,11,12,13). The van der Waals surface area contributed by atoms with Crippen molar-refractivity contribution < 1.29 is 21.4 Å². The predicted octanol–water partition coefficient (Wildman–Crippen LogP) is 0.851. The molecule has 0 amide bonds. The van der Waals surface area contributed by atoms with Crippen LogP contribution in [0.2, 0.25) is 0 Å². The monoisotopic (exact) mass is 248 g/mol. The Labute approximate surface area is 87.7 Å². The molecule has 15 heavy (non-hydrogen) atoms. The van der Waals surface area contributed by atoms with Crippen LogP contribution in [0.5, 0.6) is 0 Å². The average molecular weight is 248 g/mol. The molecule has 82 valence electrons. The van der Waals surface area contributed by atoms with Gasteiger partial charge in [0.05, 0.1) is 9.79 Å². The summed E-state index contributed by atoms with van der Waals surface area (Å²) in [6.07, 6.45) is 0. The van der Waals surface area contributed by atoms with Crippen molar-refractivity contribution in [2.75, 3.05) is 0 Å². The Morgan fingerprint density at radius 2 is 1.40 bits per heavy atom. The molecule has 1 rings (SSSR count). The normalized spacial score (nSPS) is 12.3. The quantitative estimate of drug-likeness (QED) is 0.801. The molecule has 0 aliphatic heterocycles. The van der Waals surface area contributed by atoms with Gasteiger partial charge in [-0.3, -0.25) is 4.55 Å². The second-order valence-corrected chi connectivity index (χ2v) is 5.97. The van der Waals surface area contributed by atoms with Crippen LogP contribution >= 0.6 is 0 Å². The largest absolute Gasteiger partial charge is 0.294 e. The third kappa shape index (κ3) is 2.65. The smallest absolute Gasteiger partial charge is 0.282 e. The van der Waals surface area contributed by atoms with Gasteiger partial charge in [0.1, 0.15) is 0 Å². The minimum atomic E-state index is -4.29. The number of benzene rings is 1. The van der Waals surface area contributed by atoms with Crippen molar-refractivity contribution in [3.8, 4) is 0 Å². The number of sulfone groups is 1. The van der Waals surface area contributed by atoms with Crippen molar-refractivity contribution in [2.45, 2.75) is 9.79 Å². The zero-order valence-electron chi connectivity index (χ0n) is 7.49. The summed E-state index contributed by atoms with van der Waals surface area (Å²) in [5.74, 6) is 0. The first kappa shape index (κ1) is 11.9. The molecular formula is C8H8O5S2. The summed E-state index contributed by atoms with van der Waals surface area (Å²) in [4.78, 5) is -0.435. The van der Waals surface area contributed by atoms with Gasteiger partial charge >= 0.3 is 0 Å². The molecule has 0 fully saturated rings. The molecule has 0 aliphatic carbocycles. The fourth-order valence-corrected chi connectivity index (χ4v) is 2.09. The Bertz CT molecular complexity index is 566. The van der Waals surface area contributed by atoms with Gasteiger partial charge in [-0.25, -0.2) is 8.42 Å². The van der Waals surface area contributed by atoms with Crippen LogP contribution < -0.4 is 0 Å². The van der Waals surface area contributed by atoms with Crippen molar-refractivity contribution in [1.82, 2.24) is 0 Å². The highest BCUT2D eigenvalue weighted by Crippen LogP contribution is 2.15. The molecule has 0 unspecified atom stereocenters. The second kappa shape index (κ2) is 3.76. The lowest BCUT2D eigenvalue weighted by Gasteiger charge is -1.99. The molecule has 0 aromatic heterocycles. The Morgan fingerprint density at radius 1 is 1.00 bits per heavy atom. The summed E-state index contributed by atoms with van der Waals surface area (Å²) >= 11 is 0. The molecule has 0 bridgehead atoms. The van der Waals surface area contributed by atoms with E-state index in [1.54, 1.807) is 0 Å². The van der Waals surface area contributed by atoms with E-state index in [1.165, 1.54) is 0 Å². The number of hydrogen-bond donors (Lipinski definition) is 1. The molecule has 0 heterocycles. The zero-order chi connectivity index (χ0) is 11.7. The van der Waals surface area contributed by atoms with Gasteiger partial charge in [-0.05, 0) is 24.3 Å². The van der Waals surface area contributed by atoms with E-state index in [0.29, 0.717) is 0 Å². The number of rotatable bonds is 3. The number of hydrogen-bond acceptors (Lipinski definition) is 4. The molecule has 0 spiro atoms. The predicted molar refractivity (Wildman–Crippen MR) is 53.6 cm³/mol. The molecule has 0 atom stereocenters. The van der Waals surface area contributed by atoms with Crippen molar-refractivity contribution in [3.63, 3.8) is 0 Å². The lowest BCUT2D eigenvalue weighted by molar-refractivity contribution is 0.483. The molecule has 1 aromatic rings. The molecule has 7 heteroatoms.